The highest BCUT2D eigenvalue weighted by atomic mass is 15.1. The average Bonchev–Trinajstić information content (AvgIpc) is 2.72. The Hall–Kier alpha value is -0.0800. The molecule has 0 aromatic rings. The summed E-state index contributed by atoms with van der Waals surface area (Å²) in [6.45, 7) is 9.84. The molecule has 1 saturated heterocycles. The third-order valence-corrected chi connectivity index (χ3v) is 3.92. The first-order valence-electron chi connectivity index (χ1n) is 7.17. The summed E-state index contributed by atoms with van der Waals surface area (Å²) in [7, 11) is 2.07. The maximum absolute atomic E-state index is 3.31. The molecule has 96 valence electrons. The summed E-state index contributed by atoms with van der Waals surface area (Å²) in [5.41, 5.74) is 0. The molecule has 0 aliphatic carbocycles. The first kappa shape index (κ1) is 14.0. The Morgan fingerprint density at radius 1 is 1.38 bits per heavy atom. The van der Waals surface area contributed by atoms with E-state index in [-0.39, 0.29) is 0 Å². The van der Waals surface area contributed by atoms with Gasteiger partial charge in [-0.1, -0.05) is 33.1 Å². The van der Waals surface area contributed by atoms with Crippen LogP contribution in [0.2, 0.25) is 0 Å². The van der Waals surface area contributed by atoms with Gasteiger partial charge in [-0.3, -0.25) is 0 Å². The van der Waals surface area contributed by atoms with E-state index in [1.54, 1.807) is 0 Å². The minimum absolute atomic E-state index is 0.897. The predicted molar refractivity (Wildman–Crippen MR) is 71.8 cm³/mol. The molecule has 1 heterocycles. The van der Waals surface area contributed by atoms with Gasteiger partial charge in [-0.25, -0.2) is 0 Å². The first-order chi connectivity index (χ1) is 7.80. The van der Waals surface area contributed by atoms with Gasteiger partial charge in [0.15, 0.2) is 0 Å². The van der Waals surface area contributed by atoms with E-state index in [9.17, 15) is 0 Å². The number of hydrogen-bond donors (Lipinski definition) is 1. The lowest BCUT2D eigenvalue weighted by Gasteiger charge is -2.22. The quantitative estimate of drug-likeness (QED) is 0.684. The Labute approximate surface area is 102 Å². The summed E-state index contributed by atoms with van der Waals surface area (Å²) in [6.07, 6.45) is 6.93. The molecular weight excluding hydrogens is 196 g/mol. The van der Waals surface area contributed by atoms with Crippen molar-refractivity contribution in [3.8, 4) is 0 Å². The van der Waals surface area contributed by atoms with Gasteiger partial charge in [-0.15, -0.1) is 0 Å². The predicted octanol–water partition coefficient (Wildman–Crippen LogP) is 2.74. The Bertz CT molecular complexity index is 170. The lowest BCUT2D eigenvalue weighted by molar-refractivity contribution is 0.252. The molecule has 1 rings (SSSR count). The summed E-state index contributed by atoms with van der Waals surface area (Å²) >= 11 is 0. The molecule has 0 amide bonds. The lowest BCUT2D eigenvalue weighted by Crippen LogP contribution is -2.29. The third-order valence-electron chi connectivity index (χ3n) is 3.92. The summed E-state index contributed by atoms with van der Waals surface area (Å²) in [6, 6.07) is 0. The van der Waals surface area contributed by atoms with Crippen LogP contribution in [0.3, 0.4) is 0 Å². The molecule has 0 spiro atoms. The van der Waals surface area contributed by atoms with Gasteiger partial charge in [-0.05, 0) is 44.8 Å². The fraction of sp³-hybridized carbons (Fsp3) is 1.00. The van der Waals surface area contributed by atoms with E-state index in [0.29, 0.717) is 0 Å². The standard InChI is InChI=1S/C14H30N2/c1-4-6-7-13(5-2)11-16-9-8-14(12-16)10-15-3/h13-15H,4-12H2,1-3H3. The molecule has 1 N–H and O–H groups in total. The molecule has 0 aromatic heterocycles. The Balaban J connectivity index is 2.20. The van der Waals surface area contributed by atoms with E-state index >= 15 is 0 Å². The van der Waals surface area contributed by atoms with Crippen molar-refractivity contribution in [2.45, 2.75) is 46.0 Å². The molecule has 2 unspecified atom stereocenters. The van der Waals surface area contributed by atoms with E-state index in [0.717, 1.165) is 11.8 Å². The van der Waals surface area contributed by atoms with Gasteiger partial charge in [0, 0.05) is 13.1 Å². The van der Waals surface area contributed by atoms with Crippen LogP contribution < -0.4 is 5.32 Å². The molecule has 2 heteroatoms. The molecule has 1 aliphatic rings. The summed E-state index contributed by atoms with van der Waals surface area (Å²) in [5.74, 6) is 1.84. The van der Waals surface area contributed by atoms with Crippen LogP contribution in [0.5, 0.6) is 0 Å². The Kier molecular flexibility index (Phi) is 7.06. The molecule has 0 radical (unpaired) electrons. The smallest absolute Gasteiger partial charge is 0.00224 e. The zero-order valence-electron chi connectivity index (χ0n) is 11.5. The van der Waals surface area contributed by atoms with Crippen molar-refractivity contribution in [3.63, 3.8) is 0 Å². The maximum atomic E-state index is 3.31. The van der Waals surface area contributed by atoms with E-state index < -0.39 is 0 Å². The number of nitrogens with one attached hydrogen (secondary N) is 1. The normalized spacial score (nSPS) is 23.8. The van der Waals surface area contributed by atoms with E-state index in [2.05, 4.69) is 31.1 Å². The number of rotatable bonds is 8. The SMILES string of the molecule is CCCCC(CC)CN1CCC(CNC)C1. The van der Waals surface area contributed by atoms with Gasteiger partial charge in [0.2, 0.25) is 0 Å². The van der Waals surface area contributed by atoms with Crippen LogP contribution in [0.1, 0.15) is 46.0 Å². The molecule has 0 aromatic carbocycles. The fourth-order valence-electron chi connectivity index (χ4n) is 2.82. The van der Waals surface area contributed by atoms with Crippen LogP contribution in [0.15, 0.2) is 0 Å². The molecule has 2 nitrogen and oxygen atoms in total. The van der Waals surface area contributed by atoms with Crippen LogP contribution in [-0.2, 0) is 0 Å². The second kappa shape index (κ2) is 8.08. The van der Waals surface area contributed by atoms with Gasteiger partial charge in [0.05, 0.1) is 0 Å². The number of hydrogen-bond acceptors (Lipinski definition) is 2. The fourth-order valence-corrected chi connectivity index (χ4v) is 2.82. The summed E-state index contributed by atoms with van der Waals surface area (Å²) in [5, 5.41) is 3.31. The minimum Gasteiger partial charge on any atom is -0.319 e. The van der Waals surface area contributed by atoms with Gasteiger partial charge >= 0.3 is 0 Å². The molecular formula is C14H30N2. The highest BCUT2D eigenvalue weighted by Crippen LogP contribution is 2.20. The molecule has 1 fully saturated rings. The maximum Gasteiger partial charge on any atom is 0.00224 e. The number of nitrogens with zero attached hydrogens (tertiary/aromatic N) is 1. The van der Waals surface area contributed by atoms with Crippen molar-refractivity contribution in [2.24, 2.45) is 11.8 Å². The average molecular weight is 226 g/mol. The van der Waals surface area contributed by atoms with Crippen molar-refractivity contribution in [2.75, 3.05) is 33.2 Å². The Morgan fingerprint density at radius 2 is 2.19 bits per heavy atom. The van der Waals surface area contributed by atoms with Gasteiger partial charge in [0.25, 0.3) is 0 Å². The second-order valence-electron chi connectivity index (χ2n) is 5.39. The zero-order valence-corrected chi connectivity index (χ0v) is 11.5. The summed E-state index contributed by atoms with van der Waals surface area (Å²) < 4.78 is 0. The summed E-state index contributed by atoms with van der Waals surface area (Å²) in [4.78, 5) is 2.69. The van der Waals surface area contributed by atoms with Crippen LogP contribution >= 0.6 is 0 Å². The topological polar surface area (TPSA) is 15.3 Å². The number of unbranched alkanes of at least 4 members (excludes halogenated alkanes) is 1. The molecule has 0 bridgehead atoms. The zero-order chi connectivity index (χ0) is 11.8. The van der Waals surface area contributed by atoms with Crippen LogP contribution in [0.4, 0.5) is 0 Å². The number of likely N-dealkylation sites (tertiary alicyclic amines) is 1. The van der Waals surface area contributed by atoms with E-state index in [1.807, 2.05) is 0 Å². The van der Waals surface area contributed by atoms with E-state index in [4.69, 9.17) is 0 Å². The largest absolute Gasteiger partial charge is 0.319 e. The Morgan fingerprint density at radius 3 is 2.81 bits per heavy atom. The monoisotopic (exact) mass is 226 g/mol. The van der Waals surface area contributed by atoms with Crippen molar-refractivity contribution >= 4 is 0 Å². The van der Waals surface area contributed by atoms with Gasteiger partial charge in [0.1, 0.15) is 0 Å². The van der Waals surface area contributed by atoms with Crippen molar-refractivity contribution in [1.29, 1.82) is 0 Å². The van der Waals surface area contributed by atoms with Crippen LogP contribution in [0.25, 0.3) is 0 Å². The highest BCUT2D eigenvalue weighted by Gasteiger charge is 2.23. The molecule has 2 atom stereocenters. The van der Waals surface area contributed by atoms with Gasteiger partial charge in [-0.2, -0.15) is 0 Å². The highest BCUT2D eigenvalue weighted by molar-refractivity contribution is 4.78. The van der Waals surface area contributed by atoms with E-state index in [1.165, 1.54) is 58.3 Å². The van der Waals surface area contributed by atoms with Crippen LogP contribution in [0, 0.1) is 11.8 Å². The van der Waals surface area contributed by atoms with Crippen LogP contribution in [-0.4, -0.2) is 38.1 Å². The second-order valence-corrected chi connectivity index (χ2v) is 5.39. The molecule has 16 heavy (non-hydrogen) atoms. The van der Waals surface area contributed by atoms with Gasteiger partial charge < -0.3 is 10.2 Å². The lowest BCUT2D eigenvalue weighted by atomic mass is 9.99. The first-order valence-corrected chi connectivity index (χ1v) is 7.17. The van der Waals surface area contributed by atoms with Crippen molar-refractivity contribution in [3.05, 3.63) is 0 Å². The molecule has 0 saturated carbocycles. The minimum atomic E-state index is 0.897. The molecule has 1 aliphatic heterocycles. The van der Waals surface area contributed by atoms with Crippen molar-refractivity contribution in [1.82, 2.24) is 10.2 Å². The third kappa shape index (κ3) is 4.84. The van der Waals surface area contributed by atoms with Crippen molar-refractivity contribution < 1.29 is 0 Å².